The van der Waals surface area contributed by atoms with E-state index < -0.39 is 6.36 Å². The van der Waals surface area contributed by atoms with Gasteiger partial charge in [0, 0.05) is 18.3 Å². The lowest BCUT2D eigenvalue weighted by molar-refractivity contribution is -0.274. The highest BCUT2D eigenvalue weighted by atomic mass is 19.4. The van der Waals surface area contributed by atoms with Crippen LogP contribution in [0.25, 0.3) is 0 Å². The van der Waals surface area contributed by atoms with Crippen LogP contribution >= 0.6 is 0 Å². The fraction of sp³-hybridized carbons (Fsp3) is 0.235. The Hall–Kier alpha value is -2.30. The maximum Gasteiger partial charge on any atom is 0.573 e. The Balaban J connectivity index is 2.36. The van der Waals surface area contributed by atoms with Gasteiger partial charge in [-0.05, 0) is 36.6 Å². The molecule has 0 spiro atoms. The minimum Gasteiger partial charge on any atom is -0.405 e. The molecule has 0 atom stereocenters. The fourth-order valence-electron chi connectivity index (χ4n) is 2.14. The number of halogens is 3. The smallest absolute Gasteiger partial charge is 0.405 e. The molecule has 0 N–H and O–H groups in total. The minimum absolute atomic E-state index is 0.218. The normalized spacial score (nSPS) is 12.3. The monoisotopic (exact) mass is 307 g/mol. The summed E-state index contributed by atoms with van der Waals surface area (Å²) in [6.45, 7) is 1.65. The molecule has 0 saturated heterocycles. The number of hydrogen-bond acceptors (Lipinski definition) is 2. The number of benzene rings is 2. The van der Waals surface area contributed by atoms with Crippen LogP contribution in [0.4, 0.5) is 13.2 Å². The number of alkyl halides is 3. The highest BCUT2D eigenvalue weighted by Gasteiger charge is 2.32. The molecule has 0 aliphatic carbocycles. The number of rotatable bonds is 4. The van der Waals surface area contributed by atoms with Crippen molar-refractivity contribution in [2.24, 2.45) is 4.99 Å². The second-order valence-corrected chi connectivity index (χ2v) is 4.85. The second kappa shape index (κ2) is 6.64. The summed E-state index contributed by atoms with van der Waals surface area (Å²) in [5, 5.41) is 0. The van der Waals surface area contributed by atoms with Gasteiger partial charge >= 0.3 is 6.36 Å². The molecule has 0 amide bonds. The molecular weight excluding hydrogens is 291 g/mol. The summed E-state index contributed by atoms with van der Waals surface area (Å²) in [6, 6.07) is 14.4. The molecule has 0 fully saturated rings. The Morgan fingerprint density at radius 2 is 1.73 bits per heavy atom. The van der Waals surface area contributed by atoms with Gasteiger partial charge in [-0.3, -0.25) is 4.99 Å². The van der Waals surface area contributed by atoms with Crippen LogP contribution in [0.3, 0.4) is 0 Å². The molecule has 22 heavy (non-hydrogen) atoms. The molecule has 0 bridgehead atoms. The highest BCUT2D eigenvalue weighted by Crippen LogP contribution is 2.29. The van der Waals surface area contributed by atoms with E-state index in [1.807, 2.05) is 30.3 Å². The Morgan fingerprint density at radius 3 is 2.32 bits per heavy atom. The predicted molar refractivity (Wildman–Crippen MR) is 80.5 cm³/mol. The highest BCUT2D eigenvalue weighted by molar-refractivity contribution is 6.01. The molecule has 0 saturated carbocycles. The maximum atomic E-state index is 12.6. The van der Waals surface area contributed by atoms with Crippen molar-refractivity contribution in [3.63, 3.8) is 0 Å². The van der Waals surface area contributed by atoms with Crippen molar-refractivity contribution in [2.45, 2.75) is 19.7 Å². The first-order valence-corrected chi connectivity index (χ1v) is 6.75. The standard InChI is InChI=1S/C17H16F3NO/c1-12(21-2)15-9-8-14(10-13-6-4-3-5-7-13)11-16(15)22-17(18,19)20/h3-9,11H,10H2,1-2H3. The van der Waals surface area contributed by atoms with Gasteiger partial charge < -0.3 is 4.74 Å². The average Bonchev–Trinajstić information content (AvgIpc) is 2.46. The molecule has 0 heterocycles. The molecule has 5 heteroatoms. The number of hydrogen-bond donors (Lipinski definition) is 0. The van der Waals surface area contributed by atoms with E-state index in [0.29, 0.717) is 17.7 Å². The second-order valence-electron chi connectivity index (χ2n) is 4.85. The van der Waals surface area contributed by atoms with Gasteiger partial charge in [0.2, 0.25) is 0 Å². The Bertz CT molecular complexity index is 663. The van der Waals surface area contributed by atoms with E-state index in [0.717, 1.165) is 11.1 Å². The SMILES string of the molecule is CN=C(C)c1ccc(Cc2ccccc2)cc1OC(F)(F)F. The number of ether oxygens (including phenoxy) is 1. The summed E-state index contributed by atoms with van der Waals surface area (Å²) < 4.78 is 41.9. The molecule has 0 aromatic heterocycles. The lowest BCUT2D eigenvalue weighted by atomic mass is 10.0. The number of nitrogens with zero attached hydrogens (tertiary/aromatic N) is 1. The lowest BCUT2D eigenvalue weighted by Crippen LogP contribution is -2.19. The van der Waals surface area contributed by atoms with Crippen LogP contribution in [-0.4, -0.2) is 19.1 Å². The summed E-state index contributed by atoms with van der Waals surface area (Å²) in [5.74, 6) is -0.218. The third-order valence-corrected chi connectivity index (χ3v) is 3.25. The van der Waals surface area contributed by atoms with Crippen molar-refractivity contribution in [1.29, 1.82) is 0 Å². The zero-order valence-corrected chi connectivity index (χ0v) is 12.3. The van der Waals surface area contributed by atoms with Gasteiger partial charge in [-0.25, -0.2) is 0 Å². The largest absolute Gasteiger partial charge is 0.573 e. The van der Waals surface area contributed by atoms with Gasteiger partial charge in [0.25, 0.3) is 0 Å². The molecular formula is C17H16F3NO. The molecule has 2 aromatic carbocycles. The van der Waals surface area contributed by atoms with Crippen LogP contribution in [-0.2, 0) is 6.42 Å². The van der Waals surface area contributed by atoms with Crippen LogP contribution in [0.2, 0.25) is 0 Å². The van der Waals surface area contributed by atoms with Gasteiger partial charge in [-0.15, -0.1) is 13.2 Å². The molecule has 0 aliphatic rings. The molecule has 0 aliphatic heterocycles. The Labute approximate surface area is 127 Å². The van der Waals surface area contributed by atoms with E-state index in [1.165, 1.54) is 13.1 Å². The van der Waals surface area contributed by atoms with Crippen molar-refractivity contribution in [3.05, 3.63) is 65.2 Å². The minimum atomic E-state index is -4.73. The summed E-state index contributed by atoms with van der Waals surface area (Å²) in [7, 11) is 1.53. The average molecular weight is 307 g/mol. The van der Waals surface area contributed by atoms with Crippen molar-refractivity contribution >= 4 is 5.71 Å². The summed E-state index contributed by atoms with van der Waals surface area (Å²) in [6.07, 6.45) is -4.19. The molecule has 0 radical (unpaired) electrons. The third kappa shape index (κ3) is 4.35. The van der Waals surface area contributed by atoms with Crippen LogP contribution in [0, 0.1) is 0 Å². The van der Waals surface area contributed by atoms with Crippen molar-refractivity contribution < 1.29 is 17.9 Å². The van der Waals surface area contributed by atoms with Crippen LogP contribution in [0.15, 0.2) is 53.5 Å². The van der Waals surface area contributed by atoms with Crippen molar-refractivity contribution in [3.8, 4) is 5.75 Å². The van der Waals surface area contributed by atoms with Gasteiger partial charge in [0.05, 0.1) is 0 Å². The Kier molecular flexibility index (Phi) is 4.85. The van der Waals surface area contributed by atoms with Crippen molar-refractivity contribution in [1.82, 2.24) is 0 Å². The number of aliphatic imine (C=N–C) groups is 1. The van der Waals surface area contributed by atoms with Gasteiger partial charge in [-0.1, -0.05) is 36.4 Å². The van der Waals surface area contributed by atoms with E-state index in [9.17, 15) is 13.2 Å². The van der Waals surface area contributed by atoms with Gasteiger partial charge in [0.15, 0.2) is 0 Å². The molecule has 2 aromatic rings. The predicted octanol–water partition coefficient (Wildman–Crippen LogP) is 4.61. The first-order valence-electron chi connectivity index (χ1n) is 6.75. The van der Waals surface area contributed by atoms with E-state index in [2.05, 4.69) is 9.73 Å². The van der Waals surface area contributed by atoms with E-state index in [-0.39, 0.29) is 5.75 Å². The van der Waals surface area contributed by atoms with Crippen LogP contribution in [0.5, 0.6) is 5.75 Å². The molecule has 116 valence electrons. The van der Waals surface area contributed by atoms with Crippen LogP contribution < -0.4 is 4.74 Å². The van der Waals surface area contributed by atoms with Gasteiger partial charge in [0.1, 0.15) is 5.75 Å². The van der Waals surface area contributed by atoms with E-state index in [1.54, 1.807) is 19.1 Å². The van der Waals surface area contributed by atoms with E-state index >= 15 is 0 Å². The molecule has 0 unspecified atom stereocenters. The van der Waals surface area contributed by atoms with E-state index in [4.69, 9.17) is 0 Å². The first-order chi connectivity index (χ1) is 10.4. The van der Waals surface area contributed by atoms with Crippen LogP contribution in [0.1, 0.15) is 23.6 Å². The van der Waals surface area contributed by atoms with Gasteiger partial charge in [-0.2, -0.15) is 0 Å². The summed E-state index contributed by atoms with van der Waals surface area (Å²) in [5.41, 5.74) is 2.61. The summed E-state index contributed by atoms with van der Waals surface area (Å²) in [4.78, 5) is 3.93. The van der Waals surface area contributed by atoms with Crippen molar-refractivity contribution in [2.75, 3.05) is 7.05 Å². The first kappa shape index (κ1) is 16.1. The third-order valence-electron chi connectivity index (χ3n) is 3.25. The Morgan fingerprint density at radius 1 is 1.05 bits per heavy atom. The lowest BCUT2D eigenvalue weighted by Gasteiger charge is -2.14. The zero-order valence-electron chi connectivity index (χ0n) is 12.3. The molecule has 2 rings (SSSR count). The zero-order chi connectivity index (χ0) is 16.2. The topological polar surface area (TPSA) is 21.6 Å². The summed E-state index contributed by atoms with van der Waals surface area (Å²) >= 11 is 0. The molecule has 2 nitrogen and oxygen atoms in total. The quantitative estimate of drug-likeness (QED) is 0.756. The maximum absolute atomic E-state index is 12.6. The fourth-order valence-corrected chi connectivity index (χ4v) is 2.14.